The minimum Gasteiger partial charge on any atom is -0.481 e. The Kier molecular flexibility index (Phi) is 5.81. The van der Waals surface area contributed by atoms with E-state index in [-0.39, 0.29) is 17.9 Å². The molecular formula is C26H23FN4O4. The van der Waals surface area contributed by atoms with E-state index in [1.54, 1.807) is 6.07 Å². The number of halogens is 1. The molecule has 2 heterocycles. The van der Waals surface area contributed by atoms with Crippen LogP contribution < -0.4 is 5.56 Å². The zero-order valence-electron chi connectivity index (χ0n) is 18.9. The number of aliphatic carboxylic acids is 1. The third-order valence-corrected chi connectivity index (χ3v) is 6.66. The average molecular weight is 474 g/mol. The molecule has 0 saturated heterocycles. The van der Waals surface area contributed by atoms with Crippen molar-refractivity contribution in [2.75, 3.05) is 0 Å². The van der Waals surface area contributed by atoms with Crippen LogP contribution in [-0.2, 0) is 16.1 Å². The lowest BCUT2D eigenvalue weighted by atomic mass is 9.69. The smallest absolute Gasteiger partial charge is 0.303 e. The molecule has 0 atom stereocenters. The van der Waals surface area contributed by atoms with Crippen LogP contribution in [0.15, 0.2) is 52.4 Å². The first-order valence-corrected chi connectivity index (χ1v) is 11.6. The van der Waals surface area contributed by atoms with Crippen molar-refractivity contribution in [3.05, 3.63) is 70.0 Å². The lowest BCUT2D eigenvalue weighted by molar-refractivity contribution is -0.137. The van der Waals surface area contributed by atoms with Crippen LogP contribution in [0.4, 0.5) is 4.39 Å². The molecule has 1 aliphatic carbocycles. The first kappa shape index (κ1) is 22.7. The molecule has 2 aliphatic rings. The summed E-state index contributed by atoms with van der Waals surface area (Å²) in [6.45, 7) is 0. The van der Waals surface area contributed by atoms with Gasteiger partial charge in [-0.05, 0) is 49.2 Å². The second kappa shape index (κ2) is 8.95. The molecule has 3 aromatic rings. The largest absolute Gasteiger partial charge is 0.481 e. The topological polar surface area (TPSA) is 118 Å². The highest BCUT2D eigenvalue weighted by Crippen LogP contribution is 2.46. The first-order chi connectivity index (χ1) is 16.9. The van der Waals surface area contributed by atoms with Crippen molar-refractivity contribution < 1.29 is 19.1 Å². The van der Waals surface area contributed by atoms with Crippen LogP contribution in [0.5, 0.6) is 0 Å². The highest BCUT2D eigenvalue weighted by molar-refractivity contribution is 6.04. The van der Waals surface area contributed by atoms with Gasteiger partial charge in [0.15, 0.2) is 0 Å². The Bertz CT molecular complexity index is 1430. The second-order valence-corrected chi connectivity index (χ2v) is 9.20. The Hall–Kier alpha value is -4.06. The Morgan fingerprint density at radius 1 is 1.23 bits per heavy atom. The maximum atomic E-state index is 13.5. The van der Waals surface area contributed by atoms with Gasteiger partial charge in [0, 0.05) is 37.7 Å². The molecule has 0 unspecified atom stereocenters. The monoisotopic (exact) mass is 474 g/mol. The summed E-state index contributed by atoms with van der Waals surface area (Å²) in [7, 11) is 0. The number of fused-ring (bicyclic) bond motifs is 1. The summed E-state index contributed by atoms with van der Waals surface area (Å²) in [5.74, 6) is -0.806. The Labute approximate surface area is 200 Å². The van der Waals surface area contributed by atoms with Gasteiger partial charge in [-0.2, -0.15) is 5.26 Å². The van der Waals surface area contributed by atoms with E-state index < -0.39 is 17.4 Å². The Morgan fingerprint density at radius 2 is 2.00 bits per heavy atom. The van der Waals surface area contributed by atoms with Crippen LogP contribution in [0.1, 0.15) is 49.9 Å². The van der Waals surface area contributed by atoms with Gasteiger partial charge in [0.05, 0.1) is 34.3 Å². The standard InChI is InChI=1S/C26H23FN4O4/c27-18-6-8-19(9-7-18)31-23(3-1-2-4-24(32)33)29-21-11-17(5-10-20(21)25(31)34)22-14-26(35-30-22)12-16(13-26)15-28/h5-11,16H,1-4,12-14H2,(H,32,33). The first-order valence-electron chi connectivity index (χ1n) is 11.6. The number of nitrogens with zero attached hydrogens (tertiary/aromatic N) is 4. The molecule has 1 aromatic heterocycles. The summed E-state index contributed by atoms with van der Waals surface area (Å²) in [6, 6.07) is 13.2. The van der Waals surface area contributed by atoms with Gasteiger partial charge in [0.1, 0.15) is 17.2 Å². The van der Waals surface area contributed by atoms with Gasteiger partial charge in [-0.15, -0.1) is 0 Å². The number of carbonyl (C=O) groups is 1. The quantitative estimate of drug-likeness (QED) is 0.515. The molecule has 1 aliphatic heterocycles. The van der Waals surface area contributed by atoms with Gasteiger partial charge in [-0.1, -0.05) is 11.2 Å². The summed E-state index contributed by atoms with van der Waals surface area (Å²) in [6.07, 6.45) is 3.33. The molecular weight excluding hydrogens is 451 g/mol. The number of aromatic nitrogens is 2. The molecule has 1 N–H and O–H groups in total. The average Bonchev–Trinajstić information content (AvgIpc) is 3.27. The number of rotatable bonds is 7. The van der Waals surface area contributed by atoms with Gasteiger partial charge in [-0.25, -0.2) is 9.37 Å². The summed E-state index contributed by atoms with van der Waals surface area (Å²) >= 11 is 0. The highest BCUT2D eigenvalue weighted by atomic mass is 19.1. The maximum Gasteiger partial charge on any atom is 0.303 e. The summed E-state index contributed by atoms with van der Waals surface area (Å²) in [5, 5.41) is 22.7. The number of carboxylic acids is 1. The molecule has 0 bridgehead atoms. The fourth-order valence-corrected chi connectivity index (χ4v) is 4.82. The van der Waals surface area contributed by atoms with Crippen LogP contribution in [0.25, 0.3) is 16.6 Å². The van der Waals surface area contributed by atoms with Crippen molar-refractivity contribution in [3.63, 3.8) is 0 Å². The Morgan fingerprint density at radius 3 is 2.71 bits per heavy atom. The molecule has 5 rings (SSSR count). The Balaban J connectivity index is 1.50. The molecule has 9 heteroatoms. The molecule has 1 fully saturated rings. The lowest BCUT2D eigenvalue weighted by Gasteiger charge is -2.38. The summed E-state index contributed by atoms with van der Waals surface area (Å²) < 4.78 is 15.0. The minimum absolute atomic E-state index is 0.00330. The van der Waals surface area contributed by atoms with Crippen LogP contribution in [-0.4, -0.2) is 31.9 Å². The molecule has 35 heavy (non-hydrogen) atoms. The van der Waals surface area contributed by atoms with Crippen molar-refractivity contribution in [3.8, 4) is 11.8 Å². The van der Waals surface area contributed by atoms with E-state index in [2.05, 4.69) is 11.2 Å². The molecule has 1 saturated carbocycles. The van der Waals surface area contributed by atoms with E-state index in [0.717, 1.165) is 11.3 Å². The third-order valence-electron chi connectivity index (χ3n) is 6.66. The molecule has 1 spiro atoms. The van der Waals surface area contributed by atoms with Crippen LogP contribution >= 0.6 is 0 Å². The van der Waals surface area contributed by atoms with Gasteiger partial charge < -0.3 is 9.94 Å². The number of benzene rings is 2. The normalized spacial score (nSPS) is 20.8. The predicted octanol–water partition coefficient (Wildman–Crippen LogP) is 4.12. The van der Waals surface area contributed by atoms with E-state index in [1.165, 1.54) is 28.8 Å². The van der Waals surface area contributed by atoms with Crippen molar-refractivity contribution in [1.29, 1.82) is 5.26 Å². The lowest BCUT2D eigenvalue weighted by Crippen LogP contribution is -2.43. The number of nitriles is 1. The number of hydrogen-bond donors (Lipinski definition) is 1. The van der Waals surface area contributed by atoms with E-state index in [0.29, 0.717) is 60.9 Å². The maximum absolute atomic E-state index is 13.5. The fourth-order valence-electron chi connectivity index (χ4n) is 4.82. The molecule has 0 amide bonds. The minimum atomic E-state index is -0.873. The number of oxime groups is 1. The predicted molar refractivity (Wildman–Crippen MR) is 126 cm³/mol. The van der Waals surface area contributed by atoms with Gasteiger partial charge in [0.2, 0.25) is 0 Å². The van der Waals surface area contributed by atoms with E-state index in [4.69, 9.17) is 20.2 Å². The fraction of sp³-hybridized carbons (Fsp3) is 0.346. The van der Waals surface area contributed by atoms with E-state index >= 15 is 0 Å². The molecule has 178 valence electrons. The SMILES string of the molecule is N#CC1CC2(CC(c3ccc4c(=O)n(-c5ccc(F)cc5)c(CCCCC(=O)O)nc4c3)=NO2)C1. The number of carboxylic acid groups (broad SMARTS) is 1. The van der Waals surface area contributed by atoms with Crippen molar-refractivity contribution >= 4 is 22.6 Å². The zero-order valence-corrected chi connectivity index (χ0v) is 18.9. The number of hydrogen-bond acceptors (Lipinski definition) is 6. The van der Waals surface area contributed by atoms with Gasteiger partial charge in [0.25, 0.3) is 5.56 Å². The van der Waals surface area contributed by atoms with Crippen molar-refractivity contribution in [1.82, 2.24) is 9.55 Å². The summed E-state index contributed by atoms with van der Waals surface area (Å²) in [5.41, 5.74) is 1.88. The van der Waals surface area contributed by atoms with Crippen LogP contribution in [0, 0.1) is 23.1 Å². The molecule has 0 radical (unpaired) electrons. The zero-order chi connectivity index (χ0) is 24.6. The summed E-state index contributed by atoms with van der Waals surface area (Å²) in [4.78, 5) is 34.8. The third kappa shape index (κ3) is 4.39. The van der Waals surface area contributed by atoms with Crippen molar-refractivity contribution in [2.24, 2.45) is 11.1 Å². The van der Waals surface area contributed by atoms with Crippen molar-refractivity contribution in [2.45, 2.75) is 50.5 Å². The highest BCUT2D eigenvalue weighted by Gasteiger charge is 2.51. The number of unbranched alkanes of at least 4 members (excludes halogenated alkanes) is 1. The molecule has 8 nitrogen and oxygen atoms in total. The van der Waals surface area contributed by atoms with E-state index in [9.17, 15) is 14.0 Å². The van der Waals surface area contributed by atoms with E-state index in [1.807, 2.05) is 12.1 Å². The molecule has 2 aromatic carbocycles. The van der Waals surface area contributed by atoms with Crippen LogP contribution in [0.2, 0.25) is 0 Å². The number of aryl methyl sites for hydroxylation is 1. The second-order valence-electron chi connectivity index (χ2n) is 9.20. The van der Waals surface area contributed by atoms with Gasteiger partial charge >= 0.3 is 5.97 Å². The van der Waals surface area contributed by atoms with Crippen LogP contribution in [0.3, 0.4) is 0 Å². The van der Waals surface area contributed by atoms with Gasteiger partial charge in [-0.3, -0.25) is 14.2 Å².